The van der Waals surface area contributed by atoms with Crippen LogP contribution in [0.4, 0.5) is 0 Å². The maximum absolute atomic E-state index is 12.9. The molecule has 156 valence electrons. The third-order valence-electron chi connectivity index (χ3n) is 6.32. The van der Waals surface area contributed by atoms with Crippen molar-refractivity contribution in [2.75, 3.05) is 59.4 Å². The Morgan fingerprint density at radius 1 is 1.18 bits per heavy atom. The fourth-order valence-corrected chi connectivity index (χ4v) is 4.42. The molecule has 1 unspecified atom stereocenters. The molecule has 0 saturated carbocycles. The summed E-state index contributed by atoms with van der Waals surface area (Å²) in [5.74, 6) is 0.646. The van der Waals surface area contributed by atoms with E-state index in [1.807, 2.05) is 0 Å². The van der Waals surface area contributed by atoms with Crippen LogP contribution in [0.15, 0.2) is 18.2 Å². The molecule has 5 heteroatoms. The number of hydrogen-bond acceptors (Lipinski definition) is 4. The second-order valence-electron chi connectivity index (χ2n) is 8.78. The van der Waals surface area contributed by atoms with Gasteiger partial charge in [0, 0.05) is 45.8 Å². The number of piperazine rings is 1. The van der Waals surface area contributed by atoms with Gasteiger partial charge in [0.25, 0.3) is 0 Å². The van der Waals surface area contributed by atoms with Crippen LogP contribution in [0.3, 0.4) is 0 Å². The van der Waals surface area contributed by atoms with Crippen molar-refractivity contribution in [3.05, 3.63) is 34.9 Å². The lowest BCUT2D eigenvalue weighted by molar-refractivity contribution is -0.123. The zero-order valence-electron chi connectivity index (χ0n) is 18.2. The SMILES string of the molecule is CCN1CCN(CCCNC(=O)C2CN(C)Cc3cc(C(C)C)ccc32)CC1. The van der Waals surface area contributed by atoms with Gasteiger partial charge in [0.05, 0.1) is 5.92 Å². The van der Waals surface area contributed by atoms with Gasteiger partial charge < -0.3 is 20.0 Å². The van der Waals surface area contributed by atoms with Crippen molar-refractivity contribution in [1.82, 2.24) is 20.0 Å². The van der Waals surface area contributed by atoms with Gasteiger partial charge in [0.2, 0.25) is 5.91 Å². The van der Waals surface area contributed by atoms with E-state index < -0.39 is 0 Å². The van der Waals surface area contributed by atoms with Gasteiger partial charge in [-0.05, 0) is 49.2 Å². The van der Waals surface area contributed by atoms with E-state index in [0.29, 0.717) is 5.92 Å². The molecule has 3 rings (SSSR count). The molecule has 5 nitrogen and oxygen atoms in total. The lowest BCUT2D eigenvalue weighted by Gasteiger charge is -2.34. The molecular formula is C23H38N4O. The maximum Gasteiger partial charge on any atom is 0.228 e. The summed E-state index contributed by atoms with van der Waals surface area (Å²) in [6.07, 6.45) is 1.03. The van der Waals surface area contributed by atoms with Crippen LogP contribution >= 0.6 is 0 Å². The predicted molar refractivity (Wildman–Crippen MR) is 116 cm³/mol. The van der Waals surface area contributed by atoms with E-state index in [1.54, 1.807) is 0 Å². The zero-order valence-corrected chi connectivity index (χ0v) is 18.2. The summed E-state index contributed by atoms with van der Waals surface area (Å²) in [4.78, 5) is 20.2. The average molecular weight is 387 g/mol. The van der Waals surface area contributed by atoms with Crippen molar-refractivity contribution in [3.8, 4) is 0 Å². The van der Waals surface area contributed by atoms with E-state index in [4.69, 9.17) is 0 Å². The first-order valence-electron chi connectivity index (χ1n) is 11.0. The molecule has 1 fully saturated rings. The van der Waals surface area contributed by atoms with Gasteiger partial charge in [-0.15, -0.1) is 0 Å². The number of benzene rings is 1. The summed E-state index contributed by atoms with van der Waals surface area (Å²) in [6, 6.07) is 6.69. The van der Waals surface area contributed by atoms with Crippen LogP contribution in [0.5, 0.6) is 0 Å². The number of carbonyl (C=O) groups excluding carboxylic acids is 1. The molecule has 28 heavy (non-hydrogen) atoms. The van der Waals surface area contributed by atoms with E-state index in [0.717, 1.165) is 52.2 Å². The summed E-state index contributed by atoms with van der Waals surface area (Å²) in [5, 5.41) is 3.21. The monoisotopic (exact) mass is 386 g/mol. The first-order valence-corrected chi connectivity index (χ1v) is 11.0. The van der Waals surface area contributed by atoms with Gasteiger partial charge in [-0.25, -0.2) is 0 Å². The van der Waals surface area contributed by atoms with Crippen molar-refractivity contribution in [1.29, 1.82) is 0 Å². The highest BCUT2D eigenvalue weighted by Gasteiger charge is 2.29. The van der Waals surface area contributed by atoms with Gasteiger partial charge in [0.15, 0.2) is 0 Å². The lowest BCUT2D eigenvalue weighted by atomic mass is 9.86. The third kappa shape index (κ3) is 5.34. The molecule has 1 amide bonds. The number of amides is 1. The van der Waals surface area contributed by atoms with Crippen LogP contribution in [0.1, 0.15) is 55.7 Å². The number of rotatable bonds is 7. The summed E-state index contributed by atoms with van der Waals surface area (Å²) in [7, 11) is 2.11. The molecule has 1 atom stereocenters. The molecule has 2 aliphatic heterocycles. The number of hydrogen-bond donors (Lipinski definition) is 1. The molecule has 0 radical (unpaired) electrons. The minimum atomic E-state index is -0.0527. The van der Waals surface area contributed by atoms with Crippen LogP contribution in [0.2, 0.25) is 0 Å². The second-order valence-corrected chi connectivity index (χ2v) is 8.78. The van der Waals surface area contributed by atoms with Crippen LogP contribution in [-0.2, 0) is 11.3 Å². The Kier molecular flexibility index (Phi) is 7.49. The van der Waals surface area contributed by atoms with Gasteiger partial charge in [-0.1, -0.05) is 39.0 Å². The molecule has 0 aromatic heterocycles. The number of fused-ring (bicyclic) bond motifs is 1. The summed E-state index contributed by atoms with van der Waals surface area (Å²) in [6.45, 7) is 16.1. The topological polar surface area (TPSA) is 38.8 Å². The van der Waals surface area contributed by atoms with Crippen LogP contribution in [0.25, 0.3) is 0 Å². The summed E-state index contributed by atoms with van der Waals surface area (Å²) in [5.41, 5.74) is 3.89. The van der Waals surface area contributed by atoms with Crippen LogP contribution in [-0.4, -0.2) is 80.0 Å². The number of nitrogens with zero attached hydrogens (tertiary/aromatic N) is 3. The fraction of sp³-hybridized carbons (Fsp3) is 0.696. The van der Waals surface area contributed by atoms with E-state index in [2.05, 4.69) is 66.0 Å². The normalized spacial score (nSPS) is 21.7. The molecule has 1 aromatic rings. The fourth-order valence-electron chi connectivity index (χ4n) is 4.42. The van der Waals surface area contributed by atoms with Crippen molar-refractivity contribution < 1.29 is 4.79 Å². The van der Waals surface area contributed by atoms with Gasteiger partial charge >= 0.3 is 0 Å². The largest absolute Gasteiger partial charge is 0.355 e. The van der Waals surface area contributed by atoms with Gasteiger partial charge in [-0.2, -0.15) is 0 Å². The van der Waals surface area contributed by atoms with Crippen molar-refractivity contribution in [2.45, 2.75) is 45.6 Å². The Hall–Kier alpha value is -1.43. The molecule has 1 aromatic carbocycles. The maximum atomic E-state index is 12.9. The zero-order chi connectivity index (χ0) is 20.1. The molecule has 2 aliphatic rings. The second kappa shape index (κ2) is 9.86. The molecule has 0 spiro atoms. The van der Waals surface area contributed by atoms with Crippen molar-refractivity contribution in [3.63, 3.8) is 0 Å². The van der Waals surface area contributed by atoms with Crippen molar-refractivity contribution >= 4 is 5.91 Å². The number of nitrogens with one attached hydrogen (secondary N) is 1. The molecule has 0 bridgehead atoms. The quantitative estimate of drug-likeness (QED) is 0.731. The lowest BCUT2D eigenvalue weighted by Crippen LogP contribution is -2.46. The number of carbonyl (C=O) groups is 1. The van der Waals surface area contributed by atoms with E-state index >= 15 is 0 Å². The molecule has 1 saturated heterocycles. The highest BCUT2D eigenvalue weighted by Crippen LogP contribution is 2.30. The van der Waals surface area contributed by atoms with Crippen LogP contribution in [0, 0.1) is 0 Å². The van der Waals surface area contributed by atoms with Gasteiger partial charge in [-0.3, -0.25) is 4.79 Å². The minimum Gasteiger partial charge on any atom is -0.355 e. The highest BCUT2D eigenvalue weighted by atomic mass is 16.1. The highest BCUT2D eigenvalue weighted by molar-refractivity contribution is 5.84. The van der Waals surface area contributed by atoms with Crippen LogP contribution < -0.4 is 5.32 Å². The van der Waals surface area contributed by atoms with E-state index in [-0.39, 0.29) is 11.8 Å². The average Bonchev–Trinajstić information content (AvgIpc) is 2.70. The molecule has 1 N–H and O–H groups in total. The molecule has 2 heterocycles. The Balaban J connectivity index is 1.49. The Bertz CT molecular complexity index is 652. The molecule has 0 aliphatic carbocycles. The smallest absolute Gasteiger partial charge is 0.228 e. The first kappa shape index (κ1) is 21.3. The minimum absolute atomic E-state index is 0.0527. The Labute approximate surface area is 171 Å². The first-order chi connectivity index (χ1) is 13.5. The Morgan fingerprint density at radius 3 is 2.57 bits per heavy atom. The summed E-state index contributed by atoms with van der Waals surface area (Å²) >= 11 is 0. The van der Waals surface area contributed by atoms with Crippen molar-refractivity contribution in [2.24, 2.45) is 0 Å². The number of likely N-dealkylation sites (N-methyl/N-ethyl adjacent to an activating group) is 2. The Morgan fingerprint density at radius 2 is 1.89 bits per heavy atom. The molecular weight excluding hydrogens is 348 g/mol. The standard InChI is InChI=1S/C23H38N4O/c1-5-26-11-13-27(14-12-26)10-6-9-24-23(28)22-17-25(4)16-20-15-19(18(2)3)7-8-21(20)22/h7-8,15,18,22H,5-6,9-14,16-17H2,1-4H3,(H,24,28). The van der Waals surface area contributed by atoms with E-state index in [9.17, 15) is 4.79 Å². The van der Waals surface area contributed by atoms with E-state index in [1.165, 1.54) is 29.8 Å². The summed E-state index contributed by atoms with van der Waals surface area (Å²) < 4.78 is 0. The third-order valence-corrected chi connectivity index (χ3v) is 6.32. The van der Waals surface area contributed by atoms with Gasteiger partial charge in [0.1, 0.15) is 0 Å². The predicted octanol–water partition coefficient (Wildman–Crippen LogP) is 2.48.